The number of primary amides is 1. The normalized spacial score (nSPS) is 10.7. The SMILES string of the molecule is NC(=O)c1cc2cc(OCc3cccc(N)c3)ccc2[nH]1. The highest BCUT2D eigenvalue weighted by Crippen LogP contribution is 2.22. The van der Waals surface area contributed by atoms with Gasteiger partial charge in [-0.05, 0) is 42.0 Å². The Bertz CT molecular complexity index is 808. The van der Waals surface area contributed by atoms with E-state index in [1.807, 2.05) is 42.5 Å². The number of nitrogens with two attached hydrogens (primary N) is 2. The number of hydrogen-bond acceptors (Lipinski definition) is 3. The molecule has 1 amide bonds. The zero-order valence-electron chi connectivity index (χ0n) is 11.3. The van der Waals surface area contributed by atoms with Crippen molar-refractivity contribution in [3.05, 3.63) is 59.8 Å². The monoisotopic (exact) mass is 281 g/mol. The van der Waals surface area contributed by atoms with Crippen molar-refractivity contribution >= 4 is 22.5 Å². The molecule has 3 aromatic rings. The maximum absolute atomic E-state index is 11.1. The zero-order chi connectivity index (χ0) is 14.8. The number of nitrogen functional groups attached to an aromatic ring is 1. The van der Waals surface area contributed by atoms with Crippen LogP contribution in [-0.2, 0) is 6.61 Å². The van der Waals surface area contributed by atoms with Gasteiger partial charge in [0.25, 0.3) is 5.91 Å². The van der Waals surface area contributed by atoms with E-state index in [4.69, 9.17) is 16.2 Å². The number of fused-ring (bicyclic) bond motifs is 1. The van der Waals surface area contributed by atoms with Crippen LogP contribution in [0.2, 0.25) is 0 Å². The van der Waals surface area contributed by atoms with Crippen LogP contribution in [0, 0.1) is 0 Å². The van der Waals surface area contributed by atoms with E-state index in [9.17, 15) is 4.79 Å². The highest BCUT2D eigenvalue weighted by atomic mass is 16.5. The second-order valence-electron chi connectivity index (χ2n) is 4.83. The number of nitrogens with one attached hydrogen (secondary N) is 1. The summed E-state index contributed by atoms with van der Waals surface area (Å²) in [6, 6.07) is 14.8. The molecule has 0 aliphatic heterocycles. The average molecular weight is 281 g/mol. The largest absolute Gasteiger partial charge is 0.489 e. The van der Waals surface area contributed by atoms with Crippen molar-refractivity contribution in [2.24, 2.45) is 5.73 Å². The van der Waals surface area contributed by atoms with Crippen LogP contribution in [0.1, 0.15) is 16.1 Å². The number of aromatic amines is 1. The summed E-state index contributed by atoms with van der Waals surface area (Å²) in [6.07, 6.45) is 0. The summed E-state index contributed by atoms with van der Waals surface area (Å²) in [5.74, 6) is 0.244. The minimum atomic E-state index is -0.478. The van der Waals surface area contributed by atoms with Crippen LogP contribution in [0.25, 0.3) is 10.9 Å². The minimum absolute atomic E-state index is 0.387. The summed E-state index contributed by atoms with van der Waals surface area (Å²) in [4.78, 5) is 14.1. The van der Waals surface area contributed by atoms with Crippen LogP contribution in [-0.4, -0.2) is 10.9 Å². The van der Waals surface area contributed by atoms with E-state index in [1.54, 1.807) is 6.07 Å². The third-order valence-electron chi connectivity index (χ3n) is 3.21. The van der Waals surface area contributed by atoms with Crippen LogP contribution in [0.4, 0.5) is 5.69 Å². The molecule has 2 aromatic carbocycles. The Morgan fingerprint density at radius 2 is 2.00 bits per heavy atom. The van der Waals surface area contributed by atoms with Crippen LogP contribution in [0.15, 0.2) is 48.5 Å². The number of amides is 1. The maximum atomic E-state index is 11.1. The molecule has 106 valence electrons. The standard InChI is InChI=1S/C16H15N3O2/c17-12-3-1-2-10(6-12)9-21-13-4-5-14-11(7-13)8-15(19-14)16(18)20/h1-8,19H,9,17H2,(H2,18,20). The summed E-state index contributed by atoms with van der Waals surface area (Å²) >= 11 is 0. The lowest BCUT2D eigenvalue weighted by molar-refractivity contribution is 0.0996. The van der Waals surface area contributed by atoms with E-state index in [0.717, 1.165) is 22.2 Å². The Balaban J connectivity index is 1.79. The number of rotatable bonds is 4. The predicted octanol–water partition coefficient (Wildman–Crippen LogP) is 2.43. The second-order valence-corrected chi connectivity index (χ2v) is 4.83. The Morgan fingerprint density at radius 1 is 1.14 bits per heavy atom. The number of H-pyrrole nitrogens is 1. The van der Waals surface area contributed by atoms with Crippen molar-refractivity contribution in [3.8, 4) is 5.75 Å². The molecule has 21 heavy (non-hydrogen) atoms. The lowest BCUT2D eigenvalue weighted by Crippen LogP contribution is -2.10. The van der Waals surface area contributed by atoms with Crippen LogP contribution >= 0.6 is 0 Å². The Labute approximate surface area is 121 Å². The van der Waals surface area contributed by atoms with Crippen LogP contribution < -0.4 is 16.2 Å². The minimum Gasteiger partial charge on any atom is -0.489 e. The molecule has 0 atom stereocenters. The van der Waals surface area contributed by atoms with Crippen molar-refractivity contribution in [1.82, 2.24) is 4.98 Å². The van der Waals surface area contributed by atoms with Crippen molar-refractivity contribution in [2.75, 3.05) is 5.73 Å². The Kier molecular flexibility index (Phi) is 3.23. The smallest absolute Gasteiger partial charge is 0.265 e. The lowest BCUT2D eigenvalue weighted by Gasteiger charge is -2.07. The molecule has 1 aromatic heterocycles. The third kappa shape index (κ3) is 2.81. The summed E-state index contributed by atoms with van der Waals surface area (Å²) in [5, 5.41) is 0.883. The highest BCUT2D eigenvalue weighted by molar-refractivity contribution is 5.97. The van der Waals surface area contributed by atoms with Crippen molar-refractivity contribution in [1.29, 1.82) is 0 Å². The molecule has 0 radical (unpaired) electrons. The number of benzene rings is 2. The molecular weight excluding hydrogens is 266 g/mol. The fraction of sp³-hybridized carbons (Fsp3) is 0.0625. The van der Waals surface area contributed by atoms with Crippen molar-refractivity contribution in [2.45, 2.75) is 6.61 Å². The first-order valence-electron chi connectivity index (χ1n) is 6.51. The molecule has 0 aliphatic carbocycles. The number of aromatic nitrogens is 1. The number of anilines is 1. The Hall–Kier alpha value is -2.95. The number of ether oxygens (including phenoxy) is 1. The predicted molar refractivity (Wildman–Crippen MR) is 82.0 cm³/mol. The van der Waals surface area contributed by atoms with Gasteiger partial charge in [-0.1, -0.05) is 12.1 Å². The summed E-state index contributed by atoms with van der Waals surface area (Å²) in [6.45, 7) is 0.434. The molecule has 0 saturated carbocycles. The summed E-state index contributed by atoms with van der Waals surface area (Å²) < 4.78 is 5.74. The molecule has 0 fully saturated rings. The molecule has 1 heterocycles. The van der Waals surface area contributed by atoms with E-state index in [1.165, 1.54) is 0 Å². The van der Waals surface area contributed by atoms with Gasteiger partial charge in [0.05, 0.1) is 0 Å². The second kappa shape index (κ2) is 5.20. The first-order valence-corrected chi connectivity index (χ1v) is 6.51. The van der Waals surface area contributed by atoms with E-state index in [0.29, 0.717) is 18.0 Å². The van der Waals surface area contributed by atoms with Crippen LogP contribution in [0.5, 0.6) is 5.75 Å². The van der Waals surface area contributed by atoms with Crippen LogP contribution in [0.3, 0.4) is 0 Å². The number of hydrogen-bond donors (Lipinski definition) is 3. The fourth-order valence-electron chi connectivity index (χ4n) is 2.18. The molecule has 0 unspecified atom stereocenters. The summed E-state index contributed by atoms with van der Waals surface area (Å²) in [7, 11) is 0. The van der Waals surface area contributed by atoms with Gasteiger partial charge in [-0.3, -0.25) is 4.79 Å². The topological polar surface area (TPSA) is 94.1 Å². The van der Waals surface area contributed by atoms with Gasteiger partial charge in [-0.15, -0.1) is 0 Å². The van der Waals surface area contributed by atoms with Gasteiger partial charge in [-0.25, -0.2) is 0 Å². The van der Waals surface area contributed by atoms with Crippen molar-refractivity contribution < 1.29 is 9.53 Å². The molecule has 5 nitrogen and oxygen atoms in total. The number of carbonyl (C=O) groups is 1. The van der Waals surface area contributed by atoms with Gasteiger partial charge >= 0.3 is 0 Å². The first-order chi connectivity index (χ1) is 10.1. The molecule has 3 rings (SSSR count). The molecule has 0 aliphatic rings. The summed E-state index contributed by atoms with van der Waals surface area (Å²) in [5.41, 5.74) is 13.9. The molecule has 5 N–H and O–H groups in total. The van der Waals surface area contributed by atoms with E-state index < -0.39 is 5.91 Å². The van der Waals surface area contributed by atoms with E-state index >= 15 is 0 Å². The molecule has 0 spiro atoms. The fourth-order valence-corrected chi connectivity index (χ4v) is 2.18. The van der Waals surface area contributed by atoms with Gasteiger partial charge in [0.15, 0.2) is 0 Å². The maximum Gasteiger partial charge on any atom is 0.265 e. The quantitative estimate of drug-likeness (QED) is 0.641. The number of carbonyl (C=O) groups excluding carboxylic acids is 1. The molecule has 0 saturated heterocycles. The van der Waals surface area contributed by atoms with Gasteiger partial charge in [0.2, 0.25) is 0 Å². The first kappa shape index (κ1) is 13.1. The lowest BCUT2D eigenvalue weighted by atomic mass is 10.2. The average Bonchev–Trinajstić information content (AvgIpc) is 2.88. The molecule has 5 heteroatoms. The van der Waals surface area contributed by atoms with Gasteiger partial charge in [0.1, 0.15) is 18.1 Å². The zero-order valence-corrected chi connectivity index (χ0v) is 11.3. The van der Waals surface area contributed by atoms with E-state index in [2.05, 4.69) is 4.98 Å². The molecular formula is C16H15N3O2. The van der Waals surface area contributed by atoms with Gasteiger partial charge in [0, 0.05) is 16.6 Å². The third-order valence-corrected chi connectivity index (χ3v) is 3.21. The highest BCUT2D eigenvalue weighted by Gasteiger charge is 2.06. The van der Waals surface area contributed by atoms with Gasteiger partial charge in [-0.2, -0.15) is 0 Å². The van der Waals surface area contributed by atoms with E-state index in [-0.39, 0.29) is 0 Å². The Morgan fingerprint density at radius 3 is 2.76 bits per heavy atom. The van der Waals surface area contributed by atoms with Crippen molar-refractivity contribution in [3.63, 3.8) is 0 Å². The molecule has 0 bridgehead atoms. The van der Waals surface area contributed by atoms with Gasteiger partial charge < -0.3 is 21.2 Å².